The number of hydrogen-bond acceptors (Lipinski definition) is 3. The number of carbonyl (C=O) groups is 2. The van der Waals surface area contributed by atoms with Crippen LogP contribution in [0.4, 0.5) is 5.69 Å². The number of carbonyl (C=O) groups excluding carboxylic acids is 2. The Balaban J connectivity index is 1.65. The summed E-state index contributed by atoms with van der Waals surface area (Å²) in [6.07, 6.45) is 4.62. The number of nitrogens with one attached hydrogen (secondary N) is 1. The number of likely N-dealkylation sites (tertiary alicyclic amines) is 1. The van der Waals surface area contributed by atoms with Gasteiger partial charge in [0.15, 0.2) is 0 Å². The van der Waals surface area contributed by atoms with E-state index in [1.165, 1.54) is 12.8 Å². The topological polar surface area (TPSA) is 58.6 Å². The summed E-state index contributed by atoms with van der Waals surface area (Å²) >= 11 is 5.95. The summed E-state index contributed by atoms with van der Waals surface area (Å²) in [4.78, 5) is 26.7. The minimum atomic E-state index is -0.475. The lowest BCUT2D eigenvalue weighted by molar-refractivity contribution is -0.135. The number of nitrogens with zero attached hydrogens (tertiary/aromatic N) is 1. The summed E-state index contributed by atoms with van der Waals surface area (Å²) in [5, 5.41) is 3.35. The van der Waals surface area contributed by atoms with Crippen LogP contribution in [0.25, 0.3) is 0 Å². The second-order valence-corrected chi connectivity index (χ2v) is 6.57. The molecule has 1 N–H and O–H groups in total. The van der Waals surface area contributed by atoms with Gasteiger partial charge in [-0.15, -0.1) is 0 Å². The summed E-state index contributed by atoms with van der Waals surface area (Å²) in [6, 6.07) is 5.11. The van der Waals surface area contributed by atoms with E-state index in [0.29, 0.717) is 16.5 Å². The Kier molecular flexibility index (Phi) is 5.06. The Bertz CT molecular complexity index is 598. The molecule has 2 heterocycles. The minimum absolute atomic E-state index is 0.0413. The first-order chi connectivity index (χ1) is 11.1. The lowest BCUT2D eigenvalue weighted by atomic mass is 10.0. The predicted molar refractivity (Wildman–Crippen MR) is 88.7 cm³/mol. The van der Waals surface area contributed by atoms with Crippen LogP contribution in [-0.4, -0.2) is 36.4 Å². The van der Waals surface area contributed by atoms with E-state index in [4.69, 9.17) is 16.3 Å². The van der Waals surface area contributed by atoms with Gasteiger partial charge in [-0.3, -0.25) is 9.59 Å². The van der Waals surface area contributed by atoms with E-state index in [-0.39, 0.29) is 24.8 Å². The molecule has 5 nitrogen and oxygen atoms in total. The summed E-state index contributed by atoms with van der Waals surface area (Å²) in [7, 11) is 0. The molecule has 1 fully saturated rings. The van der Waals surface area contributed by atoms with Gasteiger partial charge < -0.3 is 15.0 Å². The number of halogens is 1. The van der Waals surface area contributed by atoms with Crippen molar-refractivity contribution in [2.24, 2.45) is 5.92 Å². The molecule has 2 aliphatic heterocycles. The molecule has 0 spiro atoms. The summed E-state index contributed by atoms with van der Waals surface area (Å²) in [5.74, 6) is -0.0294. The lowest BCUT2D eigenvalue weighted by Crippen LogP contribution is -2.36. The maximum atomic E-state index is 12.5. The van der Waals surface area contributed by atoms with Crippen molar-refractivity contribution in [1.29, 1.82) is 0 Å². The third-order valence-corrected chi connectivity index (χ3v) is 4.63. The van der Waals surface area contributed by atoms with Gasteiger partial charge in [-0.25, -0.2) is 0 Å². The van der Waals surface area contributed by atoms with Crippen LogP contribution in [0.3, 0.4) is 0 Å². The number of amides is 2. The van der Waals surface area contributed by atoms with Crippen LogP contribution in [0.2, 0.25) is 5.02 Å². The van der Waals surface area contributed by atoms with Crippen LogP contribution in [0.1, 0.15) is 32.1 Å². The smallest absolute Gasteiger partial charge is 0.231 e. The maximum Gasteiger partial charge on any atom is 0.231 e. The predicted octanol–water partition coefficient (Wildman–Crippen LogP) is 3.08. The first kappa shape index (κ1) is 16.1. The molecule has 0 aliphatic carbocycles. The normalized spacial score (nSPS) is 21.5. The van der Waals surface area contributed by atoms with E-state index in [1.807, 2.05) is 4.90 Å². The van der Waals surface area contributed by atoms with Crippen molar-refractivity contribution in [3.63, 3.8) is 0 Å². The highest BCUT2D eigenvalue weighted by Crippen LogP contribution is 2.31. The number of anilines is 1. The van der Waals surface area contributed by atoms with Crippen molar-refractivity contribution in [3.8, 4) is 5.75 Å². The summed E-state index contributed by atoms with van der Waals surface area (Å²) in [6.45, 7) is 1.80. The van der Waals surface area contributed by atoms with Crippen molar-refractivity contribution in [2.45, 2.75) is 32.1 Å². The van der Waals surface area contributed by atoms with Gasteiger partial charge in [0, 0.05) is 24.5 Å². The van der Waals surface area contributed by atoms with Crippen LogP contribution in [0.15, 0.2) is 18.2 Å². The quantitative estimate of drug-likeness (QED) is 0.903. The number of hydrogen-bond donors (Lipinski definition) is 1. The molecule has 1 atom stereocenters. The molecular formula is C17H21ClN2O3. The molecule has 124 valence electrons. The molecule has 0 radical (unpaired) electrons. The van der Waals surface area contributed by atoms with E-state index in [2.05, 4.69) is 5.32 Å². The molecular weight excluding hydrogens is 316 g/mol. The van der Waals surface area contributed by atoms with Crippen molar-refractivity contribution < 1.29 is 14.3 Å². The molecule has 3 rings (SSSR count). The van der Waals surface area contributed by atoms with Gasteiger partial charge >= 0.3 is 0 Å². The monoisotopic (exact) mass is 336 g/mol. The Hall–Kier alpha value is -1.75. The Morgan fingerprint density at radius 3 is 2.74 bits per heavy atom. The van der Waals surface area contributed by atoms with Crippen LogP contribution in [-0.2, 0) is 9.59 Å². The van der Waals surface area contributed by atoms with Crippen LogP contribution >= 0.6 is 11.6 Å². The van der Waals surface area contributed by atoms with Crippen LogP contribution in [0.5, 0.6) is 5.75 Å². The molecule has 2 amide bonds. The van der Waals surface area contributed by atoms with E-state index in [0.717, 1.165) is 25.9 Å². The highest BCUT2D eigenvalue weighted by molar-refractivity contribution is 6.31. The molecule has 0 bridgehead atoms. The second kappa shape index (κ2) is 7.21. The maximum absolute atomic E-state index is 12.5. The largest absolute Gasteiger partial charge is 0.491 e. The van der Waals surface area contributed by atoms with Crippen molar-refractivity contribution in [2.75, 3.05) is 25.0 Å². The lowest BCUT2D eigenvalue weighted by Gasteiger charge is -2.22. The van der Waals surface area contributed by atoms with Crippen LogP contribution in [0, 0.1) is 5.92 Å². The van der Waals surface area contributed by atoms with Gasteiger partial charge in [0.1, 0.15) is 12.4 Å². The first-order valence-electron chi connectivity index (χ1n) is 8.14. The van der Waals surface area contributed by atoms with Gasteiger partial charge in [-0.2, -0.15) is 0 Å². The molecule has 1 aromatic carbocycles. The zero-order valence-corrected chi connectivity index (χ0v) is 13.8. The molecule has 1 saturated heterocycles. The van der Waals surface area contributed by atoms with E-state index >= 15 is 0 Å². The Morgan fingerprint density at radius 2 is 2.00 bits per heavy atom. The van der Waals surface area contributed by atoms with E-state index in [9.17, 15) is 9.59 Å². The highest BCUT2D eigenvalue weighted by atomic mass is 35.5. The fourth-order valence-electron chi connectivity index (χ4n) is 3.04. The molecule has 6 heteroatoms. The molecule has 2 aliphatic rings. The third kappa shape index (κ3) is 3.96. The van der Waals surface area contributed by atoms with Crippen molar-refractivity contribution in [1.82, 2.24) is 4.90 Å². The number of rotatable bonds is 2. The number of fused-ring (bicyclic) bond motifs is 1. The molecule has 1 aromatic rings. The average molecular weight is 337 g/mol. The van der Waals surface area contributed by atoms with Gasteiger partial charge in [0.25, 0.3) is 0 Å². The zero-order chi connectivity index (χ0) is 16.2. The average Bonchev–Trinajstić information content (AvgIpc) is 2.88. The third-order valence-electron chi connectivity index (χ3n) is 4.39. The number of benzene rings is 1. The van der Waals surface area contributed by atoms with Gasteiger partial charge in [-0.05, 0) is 31.0 Å². The minimum Gasteiger partial charge on any atom is -0.491 e. The fraction of sp³-hybridized carbons (Fsp3) is 0.529. The Morgan fingerprint density at radius 1 is 1.26 bits per heavy atom. The molecule has 1 unspecified atom stereocenters. The molecule has 0 aromatic heterocycles. The van der Waals surface area contributed by atoms with Crippen molar-refractivity contribution in [3.05, 3.63) is 23.2 Å². The summed E-state index contributed by atoms with van der Waals surface area (Å²) in [5.41, 5.74) is 0.562. The van der Waals surface area contributed by atoms with Crippen LogP contribution < -0.4 is 10.1 Å². The fourth-order valence-corrected chi connectivity index (χ4v) is 3.21. The van der Waals surface area contributed by atoms with Gasteiger partial charge in [0.05, 0.1) is 11.6 Å². The zero-order valence-electron chi connectivity index (χ0n) is 13.0. The SMILES string of the molecule is O=C1Nc2cc(Cl)ccc2OCC1CC(=O)N1CCCCCC1. The molecule has 0 saturated carbocycles. The molecule has 23 heavy (non-hydrogen) atoms. The summed E-state index contributed by atoms with van der Waals surface area (Å²) < 4.78 is 5.69. The standard InChI is InChI=1S/C17H21ClN2O3/c18-13-5-6-15-14(10-13)19-17(22)12(11-23-15)9-16(21)20-7-3-1-2-4-8-20/h5-6,10,12H,1-4,7-9,11H2,(H,19,22). The van der Waals surface area contributed by atoms with E-state index < -0.39 is 5.92 Å². The van der Waals surface area contributed by atoms with E-state index in [1.54, 1.807) is 18.2 Å². The van der Waals surface area contributed by atoms with Crippen molar-refractivity contribution >= 4 is 29.1 Å². The second-order valence-electron chi connectivity index (χ2n) is 6.14. The van der Waals surface area contributed by atoms with Gasteiger partial charge in [-0.1, -0.05) is 24.4 Å². The van der Waals surface area contributed by atoms with Gasteiger partial charge in [0.2, 0.25) is 11.8 Å². The Labute approximate surface area is 140 Å². The first-order valence-corrected chi connectivity index (χ1v) is 8.52. The highest BCUT2D eigenvalue weighted by Gasteiger charge is 2.29. The number of ether oxygens (including phenoxy) is 1.